The predicted molar refractivity (Wildman–Crippen MR) is 154 cm³/mol. The minimum Gasteiger partial charge on any atom is -0.387 e. The topological polar surface area (TPSA) is 166 Å². The van der Waals surface area contributed by atoms with E-state index in [-0.39, 0.29) is 0 Å². The molecule has 0 spiro atoms. The number of ether oxygens (including phenoxy) is 2. The highest BCUT2D eigenvalue weighted by Gasteiger charge is 2.53. The number of rotatable bonds is 2. The van der Waals surface area contributed by atoms with Crippen molar-refractivity contribution in [3.8, 4) is 0 Å². The molecular weight excluding hydrogens is 630 g/mol. The van der Waals surface area contributed by atoms with Gasteiger partial charge in [-0.3, -0.25) is 18.1 Å². The number of aliphatic hydroxyl groups is 2. The van der Waals surface area contributed by atoms with Crippen LogP contribution < -0.4 is 0 Å². The molecular formula is C24H26N4O10P2S2. The van der Waals surface area contributed by atoms with Gasteiger partial charge >= 0.3 is 13.6 Å². The van der Waals surface area contributed by atoms with E-state index in [4.69, 9.17) is 27.6 Å². The molecule has 0 aliphatic carbocycles. The molecule has 14 nitrogen and oxygen atoms in total. The zero-order valence-electron chi connectivity index (χ0n) is 21.5. The Balaban J connectivity index is 1.22. The summed E-state index contributed by atoms with van der Waals surface area (Å²) in [7, 11) is 0. The van der Waals surface area contributed by atoms with Gasteiger partial charge in [0.25, 0.3) is 0 Å². The molecule has 10 atom stereocenters. The van der Waals surface area contributed by atoms with Crippen LogP contribution >= 0.6 is 38.1 Å². The van der Waals surface area contributed by atoms with Crippen molar-refractivity contribution in [1.82, 2.24) is 19.1 Å². The van der Waals surface area contributed by atoms with Crippen molar-refractivity contribution in [1.29, 1.82) is 0 Å². The molecule has 7 rings (SSSR count). The van der Waals surface area contributed by atoms with Gasteiger partial charge in [0.1, 0.15) is 36.6 Å². The quantitative estimate of drug-likeness (QED) is 0.184. The summed E-state index contributed by atoms with van der Waals surface area (Å²) in [5.41, 5.74) is 2.63. The fourth-order valence-electron chi connectivity index (χ4n) is 5.45. The van der Waals surface area contributed by atoms with Gasteiger partial charge in [0.2, 0.25) is 0 Å². The van der Waals surface area contributed by atoms with Gasteiger partial charge in [0.15, 0.2) is 12.5 Å². The summed E-state index contributed by atoms with van der Waals surface area (Å²) in [6, 6.07) is 14.4. The number of nitrogens with zero attached hydrogens (tertiary/aromatic N) is 4. The molecule has 5 heterocycles. The smallest absolute Gasteiger partial charge is 0.386 e. The molecule has 0 radical (unpaired) electrons. The van der Waals surface area contributed by atoms with E-state index < -0.39 is 75.9 Å². The number of imidazole rings is 2. The van der Waals surface area contributed by atoms with E-state index in [1.807, 2.05) is 12.1 Å². The van der Waals surface area contributed by atoms with E-state index in [9.17, 15) is 19.3 Å². The lowest BCUT2D eigenvalue weighted by molar-refractivity contribution is -0.0582. The monoisotopic (exact) mass is 656 g/mol. The SMILES string of the molecule is O=P1(S)OC[C@H]2O[C@@H](n3cnc4ccccc43)C(OP(=O)(S)OC[C@H]3O[C@@H](n4cnc5ccccc54)C(O1)C3O)C2O. The van der Waals surface area contributed by atoms with Gasteiger partial charge in [-0.05, 0) is 24.3 Å². The zero-order chi connectivity index (χ0) is 29.2. The molecule has 0 amide bonds. The van der Waals surface area contributed by atoms with Crippen LogP contribution in [0.3, 0.4) is 0 Å². The predicted octanol–water partition coefficient (Wildman–Crippen LogP) is 3.50. The van der Waals surface area contributed by atoms with Crippen molar-refractivity contribution in [2.24, 2.45) is 0 Å². The maximum atomic E-state index is 13.5. The molecule has 4 aromatic rings. The molecule has 42 heavy (non-hydrogen) atoms. The normalized spacial score (nSPS) is 39.5. The van der Waals surface area contributed by atoms with Crippen LogP contribution in [-0.4, -0.2) is 79.2 Å². The van der Waals surface area contributed by atoms with Crippen molar-refractivity contribution in [2.75, 3.05) is 13.2 Å². The van der Waals surface area contributed by atoms with Crippen LogP contribution in [0.15, 0.2) is 61.2 Å². The summed E-state index contributed by atoms with van der Waals surface area (Å²) in [4.78, 5) is 8.70. The highest BCUT2D eigenvalue weighted by atomic mass is 32.7. The first-order valence-electron chi connectivity index (χ1n) is 12.9. The first kappa shape index (κ1) is 29.0. The van der Waals surface area contributed by atoms with Crippen LogP contribution in [0.25, 0.3) is 22.1 Å². The number of aliphatic hydroxyl groups excluding tert-OH is 2. The van der Waals surface area contributed by atoms with Crippen LogP contribution in [0.5, 0.6) is 0 Å². The lowest BCUT2D eigenvalue weighted by Crippen LogP contribution is -2.37. The van der Waals surface area contributed by atoms with E-state index in [0.29, 0.717) is 22.1 Å². The van der Waals surface area contributed by atoms with Gasteiger partial charge in [0.05, 0.1) is 47.9 Å². The largest absolute Gasteiger partial charge is 0.387 e. The lowest BCUT2D eigenvalue weighted by Gasteiger charge is -2.26. The van der Waals surface area contributed by atoms with Crippen LogP contribution in [0, 0.1) is 0 Å². The van der Waals surface area contributed by atoms with E-state index in [0.717, 1.165) is 0 Å². The number of para-hydroxylation sites is 4. The number of hydrogen-bond acceptors (Lipinski definition) is 12. The molecule has 224 valence electrons. The Morgan fingerprint density at radius 3 is 1.55 bits per heavy atom. The summed E-state index contributed by atoms with van der Waals surface area (Å²) in [6.07, 6.45) is -6.68. The summed E-state index contributed by atoms with van der Waals surface area (Å²) < 4.78 is 64.9. The molecule has 6 unspecified atom stereocenters. The Morgan fingerprint density at radius 1 is 0.714 bits per heavy atom. The Morgan fingerprint density at radius 2 is 1.12 bits per heavy atom. The molecule has 2 N–H and O–H groups in total. The third-order valence-corrected chi connectivity index (χ3v) is 10.7. The lowest BCUT2D eigenvalue weighted by atomic mass is 10.1. The molecule has 3 aliphatic heterocycles. The maximum Gasteiger partial charge on any atom is 0.386 e. The summed E-state index contributed by atoms with van der Waals surface area (Å²) in [6.45, 7) is -9.28. The Labute approximate surface area is 249 Å². The average Bonchev–Trinajstić information content (AvgIpc) is 3.72. The molecule has 2 aromatic heterocycles. The van der Waals surface area contributed by atoms with E-state index in [1.54, 1.807) is 45.5 Å². The van der Waals surface area contributed by atoms with Gasteiger partial charge in [-0.25, -0.2) is 19.1 Å². The molecule has 4 bridgehead atoms. The van der Waals surface area contributed by atoms with Gasteiger partial charge in [-0.1, -0.05) is 48.8 Å². The highest BCUT2D eigenvalue weighted by Crippen LogP contribution is 2.60. The van der Waals surface area contributed by atoms with Crippen LogP contribution in [0.4, 0.5) is 0 Å². The van der Waals surface area contributed by atoms with Crippen molar-refractivity contribution >= 4 is 60.2 Å². The minimum atomic E-state index is -4.19. The molecule has 0 saturated carbocycles. The van der Waals surface area contributed by atoms with Gasteiger partial charge < -0.3 is 28.8 Å². The second-order valence-electron chi connectivity index (χ2n) is 10.1. The van der Waals surface area contributed by atoms with Gasteiger partial charge in [-0.2, -0.15) is 0 Å². The van der Waals surface area contributed by atoms with Crippen molar-refractivity contribution < 1.29 is 46.9 Å². The summed E-state index contributed by atoms with van der Waals surface area (Å²) >= 11 is 8.28. The fraction of sp³-hybridized carbons (Fsp3) is 0.417. The van der Waals surface area contributed by atoms with Crippen molar-refractivity contribution in [3.05, 3.63) is 61.2 Å². The summed E-state index contributed by atoms with van der Waals surface area (Å²) in [5.74, 6) is 0. The Kier molecular flexibility index (Phi) is 7.57. The number of aromatic nitrogens is 4. The average molecular weight is 657 g/mol. The minimum absolute atomic E-state index is 0.450. The van der Waals surface area contributed by atoms with Gasteiger partial charge in [-0.15, -0.1) is 0 Å². The highest BCUT2D eigenvalue weighted by molar-refractivity contribution is 8.44. The first-order chi connectivity index (χ1) is 20.1. The van der Waals surface area contributed by atoms with E-state index in [1.165, 1.54) is 12.7 Å². The fourth-order valence-corrected chi connectivity index (χ4v) is 8.37. The third kappa shape index (κ3) is 5.27. The second-order valence-corrected chi connectivity index (χ2v) is 15.8. The molecule has 3 fully saturated rings. The van der Waals surface area contributed by atoms with Crippen molar-refractivity contribution in [2.45, 2.75) is 49.1 Å². The maximum absolute atomic E-state index is 13.5. The number of benzene rings is 2. The molecule has 18 heteroatoms. The standard InChI is InChI=1S/C24H26N4O10P2S2/c29-19-17-9-33-40(32,42)38-22-20(30)18(36-24(22)28-12-26-14-6-2-4-8-16(14)28)10-34-39(31,41)37-21(19)23(35-17)27-11-25-13-5-1-3-7-15(13)27/h1-8,11-12,17-24,29-30H,9-10H2,(H,31,41)(H,32,42)/t17-,18-,19?,20?,21?,22?,23-,24-,39?,40?/m1/s1. The van der Waals surface area contributed by atoms with E-state index in [2.05, 4.69) is 34.5 Å². The third-order valence-electron chi connectivity index (χ3n) is 7.45. The molecule has 3 saturated heterocycles. The van der Waals surface area contributed by atoms with Crippen LogP contribution in [0.1, 0.15) is 12.5 Å². The number of fused-ring (bicyclic) bond motifs is 6. The molecule has 2 aromatic carbocycles. The summed E-state index contributed by atoms with van der Waals surface area (Å²) in [5, 5.41) is 22.4. The van der Waals surface area contributed by atoms with Crippen LogP contribution in [-0.2, 0) is 36.7 Å². The number of thiol groups is 2. The number of hydrogen-bond donors (Lipinski definition) is 4. The first-order valence-corrected chi connectivity index (χ1v) is 18.3. The van der Waals surface area contributed by atoms with Crippen molar-refractivity contribution in [3.63, 3.8) is 0 Å². The van der Waals surface area contributed by atoms with Gasteiger partial charge in [0, 0.05) is 0 Å². The molecule has 3 aliphatic rings. The zero-order valence-corrected chi connectivity index (χ0v) is 25.1. The Bertz CT molecular complexity index is 1600. The Hall–Kier alpha value is -1.78. The second kappa shape index (κ2) is 11.0. The van der Waals surface area contributed by atoms with Crippen LogP contribution in [0.2, 0.25) is 0 Å². The van der Waals surface area contributed by atoms with E-state index >= 15 is 0 Å².